The number of piperidine rings is 1. The molecule has 2 heterocycles. The van der Waals surface area contributed by atoms with E-state index in [1.165, 1.54) is 21.9 Å². The van der Waals surface area contributed by atoms with Crippen LogP contribution in [0.1, 0.15) is 30.9 Å². The van der Waals surface area contributed by atoms with E-state index in [0.717, 1.165) is 52.0 Å². The van der Waals surface area contributed by atoms with Crippen molar-refractivity contribution in [2.75, 3.05) is 52.4 Å². The lowest BCUT2D eigenvalue weighted by molar-refractivity contribution is -0.131. The molecule has 3 aromatic carbocycles. The van der Waals surface area contributed by atoms with E-state index in [9.17, 15) is 9.59 Å². The number of nitrogens with one attached hydrogen (secondary N) is 1. The molecule has 0 spiro atoms. The highest BCUT2D eigenvalue weighted by Gasteiger charge is 2.35. The number of carbonyl (C=O) groups excluding carboxylic acids is 2. The van der Waals surface area contributed by atoms with E-state index < -0.39 is 0 Å². The quantitative estimate of drug-likeness (QED) is 0.497. The highest BCUT2D eigenvalue weighted by molar-refractivity contribution is 5.85. The fourth-order valence-electron chi connectivity index (χ4n) is 6.06. The molecule has 2 aliphatic heterocycles. The van der Waals surface area contributed by atoms with Crippen molar-refractivity contribution in [2.24, 2.45) is 5.41 Å². The van der Waals surface area contributed by atoms with Crippen molar-refractivity contribution in [3.8, 4) is 0 Å². The number of fused-ring (bicyclic) bond motifs is 1. The lowest BCUT2D eigenvalue weighted by Crippen LogP contribution is -2.52. The standard InChI is InChI=1S/C32H40N4O2/c1-26(37)36-20-18-35(19-21-36)24-31(38)33-25-32(22-29-12-7-11-28-10-5-6-13-30(28)29)14-16-34(17-15-32)23-27-8-3-2-4-9-27/h2-13H,14-25H2,1H3,(H,33,38). The second kappa shape index (κ2) is 12.1. The third-order valence-corrected chi connectivity index (χ3v) is 8.46. The fraction of sp³-hybridized carbons (Fsp3) is 0.438. The molecular formula is C32H40N4O2. The predicted molar refractivity (Wildman–Crippen MR) is 153 cm³/mol. The summed E-state index contributed by atoms with van der Waals surface area (Å²) in [5, 5.41) is 5.92. The Morgan fingerprint density at radius 2 is 1.47 bits per heavy atom. The van der Waals surface area contributed by atoms with Gasteiger partial charge in [-0.05, 0) is 59.7 Å². The molecular weight excluding hydrogens is 472 g/mol. The first-order valence-corrected chi connectivity index (χ1v) is 14.0. The van der Waals surface area contributed by atoms with Crippen molar-refractivity contribution in [3.05, 3.63) is 83.9 Å². The Kier molecular flexibility index (Phi) is 8.40. The number of amides is 2. The largest absolute Gasteiger partial charge is 0.354 e. The molecule has 2 saturated heterocycles. The van der Waals surface area contributed by atoms with E-state index in [2.05, 4.69) is 87.9 Å². The molecule has 200 valence electrons. The molecule has 0 radical (unpaired) electrons. The summed E-state index contributed by atoms with van der Waals surface area (Å²) in [6.07, 6.45) is 3.08. The van der Waals surface area contributed by atoms with Crippen LogP contribution < -0.4 is 5.32 Å². The maximum Gasteiger partial charge on any atom is 0.234 e. The van der Waals surface area contributed by atoms with Gasteiger partial charge in [0.05, 0.1) is 6.54 Å². The Bertz CT molecular complexity index is 1220. The Morgan fingerprint density at radius 1 is 0.789 bits per heavy atom. The van der Waals surface area contributed by atoms with E-state index in [1.807, 2.05) is 4.90 Å². The summed E-state index contributed by atoms with van der Waals surface area (Å²) >= 11 is 0. The van der Waals surface area contributed by atoms with E-state index in [0.29, 0.717) is 26.2 Å². The van der Waals surface area contributed by atoms with Gasteiger partial charge in [-0.2, -0.15) is 0 Å². The van der Waals surface area contributed by atoms with Gasteiger partial charge in [-0.25, -0.2) is 0 Å². The molecule has 2 fully saturated rings. The lowest BCUT2D eigenvalue weighted by Gasteiger charge is -2.42. The Balaban J connectivity index is 1.25. The normalized spacial score (nSPS) is 18.4. The molecule has 6 heteroatoms. The Hall–Kier alpha value is -3.22. The monoisotopic (exact) mass is 512 g/mol. The van der Waals surface area contributed by atoms with Crippen molar-refractivity contribution >= 4 is 22.6 Å². The minimum absolute atomic E-state index is 0.0281. The third-order valence-electron chi connectivity index (χ3n) is 8.46. The van der Waals surface area contributed by atoms with E-state index in [1.54, 1.807) is 6.92 Å². The molecule has 0 unspecified atom stereocenters. The second-order valence-electron chi connectivity index (χ2n) is 11.1. The number of benzene rings is 3. The molecule has 6 nitrogen and oxygen atoms in total. The van der Waals surface area contributed by atoms with Gasteiger partial charge in [-0.3, -0.25) is 19.4 Å². The number of hydrogen-bond donors (Lipinski definition) is 1. The molecule has 0 aliphatic carbocycles. The summed E-state index contributed by atoms with van der Waals surface area (Å²) in [7, 11) is 0. The van der Waals surface area contributed by atoms with Gasteiger partial charge in [0.2, 0.25) is 11.8 Å². The van der Waals surface area contributed by atoms with Crippen LogP contribution in [0.4, 0.5) is 0 Å². The van der Waals surface area contributed by atoms with Gasteiger partial charge in [-0.15, -0.1) is 0 Å². The summed E-state index contributed by atoms with van der Waals surface area (Å²) < 4.78 is 0. The van der Waals surface area contributed by atoms with Gasteiger partial charge in [0, 0.05) is 46.2 Å². The van der Waals surface area contributed by atoms with Gasteiger partial charge in [0.15, 0.2) is 0 Å². The topological polar surface area (TPSA) is 55.9 Å². The summed E-state index contributed by atoms with van der Waals surface area (Å²) in [5.74, 6) is 0.202. The number of hydrogen-bond acceptors (Lipinski definition) is 4. The average molecular weight is 513 g/mol. The SMILES string of the molecule is CC(=O)N1CCN(CC(=O)NCC2(Cc3cccc4ccccc34)CCN(Cc3ccccc3)CC2)CC1. The number of nitrogens with zero attached hydrogens (tertiary/aromatic N) is 3. The van der Waals surface area contributed by atoms with Crippen LogP contribution in [0.15, 0.2) is 72.8 Å². The van der Waals surface area contributed by atoms with Crippen molar-refractivity contribution in [3.63, 3.8) is 0 Å². The van der Waals surface area contributed by atoms with Gasteiger partial charge in [0.25, 0.3) is 0 Å². The first-order chi connectivity index (χ1) is 18.5. The minimum Gasteiger partial charge on any atom is -0.354 e. The van der Waals surface area contributed by atoms with Gasteiger partial charge in [0.1, 0.15) is 0 Å². The number of rotatable bonds is 8. The van der Waals surface area contributed by atoms with E-state index in [-0.39, 0.29) is 17.2 Å². The van der Waals surface area contributed by atoms with Crippen molar-refractivity contribution in [1.82, 2.24) is 20.0 Å². The average Bonchev–Trinajstić information content (AvgIpc) is 2.94. The van der Waals surface area contributed by atoms with Gasteiger partial charge in [-0.1, -0.05) is 72.8 Å². The fourth-order valence-corrected chi connectivity index (χ4v) is 6.06. The van der Waals surface area contributed by atoms with Crippen LogP contribution in [0.3, 0.4) is 0 Å². The van der Waals surface area contributed by atoms with E-state index in [4.69, 9.17) is 0 Å². The molecule has 3 aromatic rings. The molecule has 5 rings (SSSR count). The highest BCUT2D eigenvalue weighted by Crippen LogP contribution is 2.37. The van der Waals surface area contributed by atoms with Gasteiger partial charge >= 0.3 is 0 Å². The number of carbonyl (C=O) groups is 2. The molecule has 2 aliphatic rings. The van der Waals surface area contributed by atoms with E-state index >= 15 is 0 Å². The van der Waals surface area contributed by atoms with Crippen LogP contribution in [0.25, 0.3) is 10.8 Å². The van der Waals surface area contributed by atoms with Crippen LogP contribution >= 0.6 is 0 Å². The van der Waals surface area contributed by atoms with Crippen LogP contribution in [0.5, 0.6) is 0 Å². The zero-order valence-electron chi connectivity index (χ0n) is 22.6. The summed E-state index contributed by atoms with van der Waals surface area (Å²) in [5.41, 5.74) is 2.75. The molecule has 0 atom stereocenters. The highest BCUT2D eigenvalue weighted by atomic mass is 16.2. The predicted octanol–water partition coefficient (Wildman–Crippen LogP) is 3.95. The maximum atomic E-state index is 13.0. The smallest absolute Gasteiger partial charge is 0.234 e. The minimum atomic E-state index is 0.0281. The number of piperazine rings is 1. The Labute approximate surface area is 226 Å². The molecule has 2 amide bonds. The first-order valence-electron chi connectivity index (χ1n) is 14.0. The third kappa shape index (κ3) is 6.61. The number of likely N-dealkylation sites (tertiary alicyclic amines) is 1. The Morgan fingerprint density at radius 3 is 2.21 bits per heavy atom. The molecule has 0 saturated carbocycles. The molecule has 38 heavy (non-hydrogen) atoms. The van der Waals surface area contributed by atoms with Crippen molar-refractivity contribution in [1.29, 1.82) is 0 Å². The maximum absolute atomic E-state index is 13.0. The zero-order valence-corrected chi connectivity index (χ0v) is 22.6. The van der Waals surface area contributed by atoms with Crippen LogP contribution in [-0.4, -0.2) is 78.9 Å². The van der Waals surface area contributed by atoms with Crippen LogP contribution in [0.2, 0.25) is 0 Å². The van der Waals surface area contributed by atoms with Crippen molar-refractivity contribution < 1.29 is 9.59 Å². The second-order valence-corrected chi connectivity index (χ2v) is 11.1. The van der Waals surface area contributed by atoms with Crippen LogP contribution in [-0.2, 0) is 22.6 Å². The van der Waals surface area contributed by atoms with Crippen LogP contribution in [0, 0.1) is 5.41 Å². The summed E-state index contributed by atoms with van der Waals surface area (Å²) in [6.45, 7) is 8.65. The van der Waals surface area contributed by atoms with Crippen molar-refractivity contribution in [2.45, 2.75) is 32.7 Å². The first kappa shape index (κ1) is 26.4. The lowest BCUT2D eigenvalue weighted by atomic mass is 9.73. The zero-order chi connectivity index (χ0) is 26.4. The molecule has 1 N–H and O–H groups in total. The summed E-state index contributed by atoms with van der Waals surface area (Å²) in [4.78, 5) is 31.2. The molecule has 0 bridgehead atoms. The van der Waals surface area contributed by atoms with Gasteiger partial charge < -0.3 is 10.2 Å². The summed E-state index contributed by atoms with van der Waals surface area (Å²) in [6, 6.07) is 25.9. The molecule has 0 aromatic heterocycles.